The maximum Gasteiger partial charge on any atom is 0.317 e. The van der Waals surface area contributed by atoms with Crippen molar-refractivity contribution < 1.29 is 9.53 Å². The molecule has 1 atom stereocenters. The van der Waals surface area contributed by atoms with Crippen LogP contribution in [0.2, 0.25) is 0 Å². The van der Waals surface area contributed by atoms with Crippen LogP contribution in [0.1, 0.15) is 12.2 Å². The molecular weight excluding hydrogens is 286 g/mol. The van der Waals surface area contributed by atoms with Gasteiger partial charge in [-0.05, 0) is 20.5 Å². The fraction of sp³-hybridized carbons (Fsp3) is 0.846. The van der Waals surface area contributed by atoms with Gasteiger partial charge in [0, 0.05) is 38.5 Å². The molecule has 1 aliphatic heterocycles. The monoisotopic (exact) mass is 311 g/mol. The summed E-state index contributed by atoms with van der Waals surface area (Å²) in [5.41, 5.74) is 0. The van der Waals surface area contributed by atoms with Gasteiger partial charge in [0.05, 0.1) is 13.2 Å². The Morgan fingerprint density at radius 1 is 1.55 bits per heavy atom. The van der Waals surface area contributed by atoms with E-state index in [9.17, 15) is 4.79 Å². The molecule has 0 radical (unpaired) electrons. The van der Waals surface area contributed by atoms with Gasteiger partial charge in [0.2, 0.25) is 0 Å². The number of H-pyrrole nitrogens is 1. The van der Waals surface area contributed by atoms with E-state index in [1.54, 1.807) is 0 Å². The Labute approximate surface area is 130 Å². The lowest BCUT2D eigenvalue weighted by Gasteiger charge is -2.25. The molecule has 2 N–H and O–H groups in total. The van der Waals surface area contributed by atoms with Crippen molar-refractivity contribution in [3.63, 3.8) is 0 Å². The van der Waals surface area contributed by atoms with Crippen LogP contribution in [-0.2, 0) is 11.2 Å². The van der Waals surface area contributed by atoms with Crippen LogP contribution < -0.4 is 5.32 Å². The smallest absolute Gasteiger partial charge is 0.317 e. The van der Waals surface area contributed by atoms with Crippen molar-refractivity contribution in [1.29, 1.82) is 0 Å². The summed E-state index contributed by atoms with van der Waals surface area (Å²) in [6, 6.07) is -0.0256. The number of aryl methyl sites for hydroxylation is 1. The molecule has 1 aliphatic rings. The van der Waals surface area contributed by atoms with Crippen LogP contribution in [-0.4, -0.2) is 89.9 Å². The Balaban J connectivity index is 1.70. The zero-order chi connectivity index (χ0) is 15.8. The number of hydrogen-bond acceptors (Lipinski definition) is 6. The van der Waals surface area contributed by atoms with Crippen molar-refractivity contribution >= 4 is 6.03 Å². The minimum Gasteiger partial charge on any atom is -0.379 e. The maximum atomic E-state index is 12.2. The van der Waals surface area contributed by atoms with Crippen molar-refractivity contribution in [3.05, 3.63) is 5.82 Å². The SMILES string of the molecule is CN(C)CC1COCCN(C(=O)NCCCc2nn[nH]n2)C1. The summed E-state index contributed by atoms with van der Waals surface area (Å²) < 4.78 is 5.59. The molecule has 1 aromatic heterocycles. The second-order valence-electron chi connectivity index (χ2n) is 5.81. The lowest BCUT2D eigenvalue weighted by Crippen LogP contribution is -2.44. The summed E-state index contributed by atoms with van der Waals surface area (Å²) in [4.78, 5) is 16.2. The molecule has 1 saturated heterocycles. The number of aromatic nitrogens is 4. The topological polar surface area (TPSA) is 99.3 Å². The molecule has 22 heavy (non-hydrogen) atoms. The Kier molecular flexibility index (Phi) is 6.53. The standard InChI is InChI=1S/C13H25N7O2/c1-19(2)8-11-9-20(6-7-22-10-11)13(21)14-5-3-4-12-15-17-18-16-12/h11H,3-10H2,1-2H3,(H,14,21)(H,15,16,17,18). The van der Waals surface area contributed by atoms with E-state index in [4.69, 9.17) is 4.74 Å². The summed E-state index contributed by atoms with van der Waals surface area (Å²) >= 11 is 0. The highest BCUT2D eigenvalue weighted by Crippen LogP contribution is 2.08. The molecule has 1 aromatic rings. The predicted molar refractivity (Wildman–Crippen MR) is 80.3 cm³/mol. The highest BCUT2D eigenvalue weighted by atomic mass is 16.5. The van der Waals surface area contributed by atoms with Gasteiger partial charge in [0.1, 0.15) is 0 Å². The van der Waals surface area contributed by atoms with Gasteiger partial charge >= 0.3 is 6.03 Å². The molecule has 0 aromatic carbocycles. The van der Waals surface area contributed by atoms with Crippen molar-refractivity contribution in [2.75, 3.05) is 53.5 Å². The Hall–Kier alpha value is -1.74. The van der Waals surface area contributed by atoms with Crippen LogP contribution >= 0.6 is 0 Å². The number of ether oxygens (including phenoxy) is 1. The van der Waals surface area contributed by atoms with E-state index < -0.39 is 0 Å². The lowest BCUT2D eigenvalue weighted by atomic mass is 10.1. The van der Waals surface area contributed by atoms with Gasteiger partial charge in [-0.2, -0.15) is 5.21 Å². The third-order valence-electron chi connectivity index (χ3n) is 3.49. The molecule has 124 valence electrons. The van der Waals surface area contributed by atoms with E-state index in [1.807, 2.05) is 19.0 Å². The fourth-order valence-corrected chi connectivity index (χ4v) is 2.53. The Bertz CT molecular complexity index is 438. The minimum absolute atomic E-state index is 0.0256. The van der Waals surface area contributed by atoms with Crippen LogP contribution in [0.15, 0.2) is 0 Å². The first kappa shape index (κ1) is 16.6. The lowest BCUT2D eigenvalue weighted by molar-refractivity contribution is 0.112. The molecule has 2 amide bonds. The number of amides is 2. The van der Waals surface area contributed by atoms with Crippen LogP contribution in [0, 0.1) is 5.92 Å². The molecule has 2 rings (SSSR count). The molecule has 1 fully saturated rings. The van der Waals surface area contributed by atoms with Gasteiger partial charge < -0.3 is 19.9 Å². The van der Waals surface area contributed by atoms with Gasteiger partial charge in [-0.15, -0.1) is 10.2 Å². The number of aromatic amines is 1. The zero-order valence-corrected chi connectivity index (χ0v) is 13.3. The molecule has 0 aliphatic carbocycles. The number of rotatable bonds is 6. The third-order valence-corrected chi connectivity index (χ3v) is 3.49. The predicted octanol–water partition coefficient (Wildman–Crippen LogP) is -0.648. The normalized spacial score (nSPS) is 19.2. The van der Waals surface area contributed by atoms with E-state index in [-0.39, 0.29) is 6.03 Å². The highest BCUT2D eigenvalue weighted by molar-refractivity contribution is 5.74. The summed E-state index contributed by atoms with van der Waals surface area (Å²) in [7, 11) is 4.07. The quantitative estimate of drug-likeness (QED) is 0.678. The number of nitrogens with zero attached hydrogens (tertiary/aromatic N) is 5. The summed E-state index contributed by atoms with van der Waals surface area (Å²) in [6.45, 7) is 4.19. The highest BCUT2D eigenvalue weighted by Gasteiger charge is 2.22. The van der Waals surface area contributed by atoms with Crippen molar-refractivity contribution in [2.45, 2.75) is 12.8 Å². The maximum absolute atomic E-state index is 12.2. The first-order valence-corrected chi connectivity index (χ1v) is 7.62. The molecule has 0 saturated carbocycles. The van der Waals surface area contributed by atoms with Crippen LogP contribution in [0.4, 0.5) is 4.79 Å². The zero-order valence-electron chi connectivity index (χ0n) is 13.3. The first-order valence-electron chi connectivity index (χ1n) is 7.62. The number of urea groups is 1. The van der Waals surface area contributed by atoms with Crippen LogP contribution in [0.25, 0.3) is 0 Å². The largest absolute Gasteiger partial charge is 0.379 e. The molecule has 0 bridgehead atoms. The fourth-order valence-electron chi connectivity index (χ4n) is 2.53. The van der Waals surface area contributed by atoms with Crippen LogP contribution in [0.3, 0.4) is 0 Å². The Morgan fingerprint density at radius 2 is 2.41 bits per heavy atom. The van der Waals surface area contributed by atoms with Gasteiger partial charge in [-0.1, -0.05) is 5.21 Å². The van der Waals surface area contributed by atoms with Gasteiger partial charge in [0.15, 0.2) is 5.82 Å². The molecule has 9 heteroatoms. The van der Waals surface area contributed by atoms with Crippen molar-refractivity contribution in [3.8, 4) is 0 Å². The number of tetrazole rings is 1. The second-order valence-corrected chi connectivity index (χ2v) is 5.81. The number of hydrogen-bond donors (Lipinski definition) is 2. The molecule has 2 heterocycles. The molecule has 1 unspecified atom stereocenters. The average molecular weight is 311 g/mol. The number of carbonyl (C=O) groups is 1. The van der Waals surface area contributed by atoms with Gasteiger partial charge in [0.25, 0.3) is 0 Å². The van der Waals surface area contributed by atoms with E-state index in [0.717, 1.165) is 19.5 Å². The van der Waals surface area contributed by atoms with E-state index >= 15 is 0 Å². The number of carbonyl (C=O) groups excluding carboxylic acids is 1. The van der Waals surface area contributed by atoms with Crippen molar-refractivity contribution in [1.82, 2.24) is 35.7 Å². The first-order chi connectivity index (χ1) is 10.6. The van der Waals surface area contributed by atoms with Gasteiger partial charge in [-0.25, -0.2) is 4.79 Å². The second kappa shape index (κ2) is 8.64. The molecule has 9 nitrogen and oxygen atoms in total. The minimum atomic E-state index is -0.0256. The third kappa shape index (κ3) is 5.57. The average Bonchev–Trinajstić information content (AvgIpc) is 2.88. The summed E-state index contributed by atoms with van der Waals surface area (Å²) in [6.07, 6.45) is 1.49. The summed E-state index contributed by atoms with van der Waals surface area (Å²) in [5, 5.41) is 16.6. The number of nitrogens with one attached hydrogen (secondary N) is 2. The molecule has 0 spiro atoms. The van der Waals surface area contributed by atoms with E-state index in [2.05, 4.69) is 30.8 Å². The Morgan fingerprint density at radius 3 is 3.14 bits per heavy atom. The molecular formula is C13H25N7O2. The van der Waals surface area contributed by atoms with E-state index in [0.29, 0.717) is 44.5 Å². The van der Waals surface area contributed by atoms with Gasteiger partial charge in [-0.3, -0.25) is 0 Å². The summed E-state index contributed by atoms with van der Waals surface area (Å²) in [5.74, 6) is 1.02. The van der Waals surface area contributed by atoms with Crippen LogP contribution in [0.5, 0.6) is 0 Å². The van der Waals surface area contributed by atoms with E-state index in [1.165, 1.54) is 0 Å². The van der Waals surface area contributed by atoms with Crippen molar-refractivity contribution in [2.24, 2.45) is 5.92 Å².